The molecule has 0 radical (unpaired) electrons. The van der Waals surface area contributed by atoms with Crippen LogP contribution < -0.4 is 10.6 Å². The zero-order chi connectivity index (χ0) is 12.8. The van der Waals surface area contributed by atoms with Crippen LogP contribution in [0.1, 0.15) is 39.0 Å². The van der Waals surface area contributed by atoms with Gasteiger partial charge in [0.1, 0.15) is 5.82 Å². The first-order valence-corrected chi connectivity index (χ1v) is 7.59. The van der Waals surface area contributed by atoms with Crippen LogP contribution >= 0.6 is 15.9 Å². The zero-order valence-corrected chi connectivity index (χ0v) is 12.5. The Morgan fingerprint density at radius 1 is 1.33 bits per heavy atom. The van der Waals surface area contributed by atoms with E-state index in [1.165, 1.54) is 25.7 Å². The highest BCUT2D eigenvalue weighted by molar-refractivity contribution is 9.10. The summed E-state index contributed by atoms with van der Waals surface area (Å²) in [5.41, 5.74) is 0. The largest absolute Gasteiger partial charge is 0.369 e. The lowest BCUT2D eigenvalue weighted by Gasteiger charge is -2.09. The lowest BCUT2D eigenvalue weighted by molar-refractivity contribution is 0.686. The molecule has 1 aliphatic rings. The first kappa shape index (κ1) is 13.6. The van der Waals surface area contributed by atoms with Crippen molar-refractivity contribution >= 4 is 27.7 Å². The maximum atomic E-state index is 4.46. The number of rotatable bonds is 8. The van der Waals surface area contributed by atoms with Crippen molar-refractivity contribution < 1.29 is 0 Å². The highest BCUT2D eigenvalue weighted by Crippen LogP contribution is 2.33. The number of hydrogen-bond donors (Lipinski definition) is 2. The Morgan fingerprint density at radius 2 is 2.17 bits per heavy atom. The fourth-order valence-electron chi connectivity index (χ4n) is 1.82. The van der Waals surface area contributed by atoms with Gasteiger partial charge in [0, 0.05) is 19.3 Å². The average molecular weight is 313 g/mol. The predicted molar refractivity (Wildman–Crippen MR) is 79.0 cm³/mol. The molecule has 0 unspecified atom stereocenters. The van der Waals surface area contributed by atoms with Crippen LogP contribution in [0.2, 0.25) is 0 Å². The van der Waals surface area contributed by atoms with E-state index >= 15 is 0 Å². The molecule has 1 aliphatic carbocycles. The van der Waals surface area contributed by atoms with E-state index in [-0.39, 0.29) is 0 Å². The molecule has 0 aromatic carbocycles. The Morgan fingerprint density at radius 3 is 2.89 bits per heavy atom. The summed E-state index contributed by atoms with van der Waals surface area (Å²) in [7, 11) is 0. The van der Waals surface area contributed by atoms with E-state index in [2.05, 4.69) is 43.5 Å². The van der Waals surface area contributed by atoms with E-state index in [0.717, 1.165) is 35.7 Å². The van der Waals surface area contributed by atoms with Gasteiger partial charge in [0.2, 0.25) is 5.95 Å². The maximum Gasteiger partial charge on any atom is 0.224 e. The van der Waals surface area contributed by atoms with E-state index in [1.54, 1.807) is 6.20 Å². The summed E-state index contributed by atoms with van der Waals surface area (Å²) in [6, 6.07) is 0. The van der Waals surface area contributed by atoms with Crippen molar-refractivity contribution in [3.8, 4) is 0 Å². The molecule has 0 aliphatic heterocycles. The number of hydrogen-bond acceptors (Lipinski definition) is 4. The van der Waals surface area contributed by atoms with Crippen molar-refractivity contribution in [3.63, 3.8) is 0 Å². The van der Waals surface area contributed by atoms with Crippen LogP contribution in [-0.2, 0) is 0 Å². The molecule has 1 saturated carbocycles. The molecule has 0 atom stereocenters. The smallest absolute Gasteiger partial charge is 0.224 e. The van der Waals surface area contributed by atoms with Gasteiger partial charge >= 0.3 is 0 Å². The van der Waals surface area contributed by atoms with Gasteiger partial charge in [-0.05, 0) is 41.1 Å². The minimum Gasteiger partial charge on any atom is -0.369 e. The molecular formula is C13H21BrN4. The summed E-state index contributed by atoms with van der Waals surface area (Å²) < 4.78 is 0.927. The summed E-state index contributed by atoms with van der Waals surface area (Å²) in [5, 5.41) is 6.57. The molecule has 100 valence electrons. The fraction of sp³-hybridized carbons (Fsp3) is 0.692. The van der Waals surface area contributed by atoms with E-state index in [0.29, 0.717) is 5.95 Å². The monoisotopic (exact) mass is 312 g/mol. The molecule has 2 N–H and O–H groups in total. The third kappa shape index (κ3) is 4.44. The van der Waals surface area contributed by atoms with E-state index < -0.39 is 0 Å². The first-order chi connectivity index (χ1) is 8.79. The number of anilines is 2. The standard InChI is InChI=1S/C13H21BrN4/c1-2-7-16-13-17-9-11(14)12(18-13)15-8-3-4-10-5-6-10/h9-10H,2-8H2,1H3,(H2,15,16,17,18). The van der Waals surface area contributed by atoms with Gasteiger partial charge in [-0.2, -0.15) is 4.98 Å². The molecule has 2 rings (SSSR count). The summed E-state index contributed by atoms with van der Waals surface area (Å²) in [5.74, 6) is 2.59. The van der Waals surface area contributed by atoms with E-state index in [9.17, 15) is 0 Å². The Bertz CT molecular complexity index is 379. The van der Waals surface area contributed by atoms with Crippen LogP contribution in [0, 0.1) is 5.92 Å². The second kappa shape index (κ2) is 6.92. The first-order valence-electron chi connectivity index (χ1n) is 6.80. The van der Waals surface area contributed by atoms with Crippen molar-refractivity contribution in [2.75, 3.05) is 23.7 Å². The third-order valence-electron chi connectivity index (χ3n) is 3.06. The van der Waals surface area contributed by atoms with Crippen LogP contribution in [0.4, 0.5) is 11.8 Å². The topological polar surface area (TPSA) is 49.8 Å². The van der Waals surface area contributed by atoms with Gasteiger partial charge in [0.25, 0.3) is 0 Å². The summed E-state index contributed by atoms with van der Waals surface area (Å²) in [6.07, 6.45) is 8.30. The van der Waals surface area contributed by atoms with E-state index in [4.69, 9.17) is 0 Å². The second-order valence-electron chi connectivity index (χ2n) is 4.83. The second-order valence-corrected chi connectivity index (χ2v) is 5.68. The van der Waals surface area contributed by atoms with Gasteiger partial charge in [0.15, 0.2) is 0 Å². The molecule has 0 amide bonds. The predicted octanol–water partition coefficient (Wildman–Crippen LogP) is 3.66. The van der Waals surface area contributed by atoms with Crippen molar-refractivity contribution in [2.45, 2.75) is 39.0 Å². The van der Waals surface area contributed by atoms with Gasteiger partial charge in [-0.25, -0.2) is 4.98 Å². The van der Waals surface area contributed by atoms with Crippen LogP contribution in [0.25, 0.3) is 0 Å². The molecule has 1 fully saturated rings. The fourth-order valence-corrected chi connectivity index (χ4v) is 2.15. The highest BCUT2D eigenvalue weighted by Gasteiger charge is 2.20. The minimum atomic E-state index is 0.699. The Hall–Kier alpha value is -0.840. The molecule has 5 heteroatoms. The summed E-state index contributed by atoms with van der Waals surface area (Å²) >= 11 is 3.48. The summed E-state index contributed by atoms with van der Waals surface area (Å²) in [4.78, 5) is 8.70. The molecule has 1 aromatic heterocycles. The molecule has 18 heavy (non-hydrogen) atoms. The zero-order valence-electron chi connectivity index (χ0n) is 10.9. The number of nitrogens with zero attached hydrogens (tertiary/aromatic N) is 2. The quantitative estimate of drug-likeness (QED) is 0.719. The molecule has 0 spiro atoms. The van der Waals surface area contributed by atoms with Crippen LogP contribution in [0.15, 0.2) is 10.7 Å². The Balaban J connectivity index is 1.80. The molecule has 0 bridgehead atoms. The number of halogens is 1. The highest BCUT2D eigenvalue weighted by atomic mass is 79.9. The third-order valence-corrected chi connectivity index (χ3v) is 3.64. The molecule has 4 nitrogen and oxygen atoms in total. The van der Waals surface area contributed by atoms with Crippen molar-refractivity contribution in [2.24, 2.45) is 5.92 Å². The molecular weight excluding hydrogens is 292 g/mol. The lowest BCUT2D eigenvalue weighted by Crippen LogP contribution is -2.09. The molecule has 1 aromatic rings. The summed E-state index contributed by atoms with van der Waals surface area (Å²) in [6.45, 7) is 4.02. The van der Waals surface area contributed by atoms with Crippen molar-refractivity contribution in [3.05, 3.63) is 10.7 Å². The molecule has 1 heterocycles. The maximum absolute atomic E-state index is 4.46. The van der Waals surface area contributed by atoms with Crippen LogP contribution in [-0.4, -0.2) is 23.1 Å². The van der Waals surface area contributed by atoms with Crippen LogP contribution in [0.5, 0.6) is 0 Å². The Kier molecular flexibility index (Phi) is 5.23. The lowest BCUT2D eigenvalue weighted by atomic mass is 10.2. The van der Waals surface area contributed by atoms with E-state index in [1.807, 2.05) is 0 Å². The van der Waals surface area contributed by atoms with Crippen molar-refractivity contribution in [1.82, 2.24) is 9.97 Å². The Labute approximate surface area is 117 Å². The van der Waals surface area contributed by atoms with Gasteiger partial charge in [0.05, 0.1) is 4.47 Å². The normalized spacial score (nSPS) is 14.6. The average Bonchev–Trinajstić information content (AvgIpc) is 3.19. The van der Waals surface area contributed by atoms with Crippen LogP contribution in [0.3, 0.4) is 0 Å². The van der Waals surface area contributed by atoms with Gasteiger partial charge in [-0.3, -0.25) is 0 Å². The minimum absolute atomic E-state index is 0.699. The van der Waals surface area contributed by atoms with Gasteiger partial charge < -0.3 is 10.6 Å². The SMILES string of the molecule is CCCNc1ncc(Br)c(NCCCC2CC2)n1. The van der Waals surface area contributed by atoms with Crippen molar-refractivity contribution in [1.29, 1.82) is 0 Å². The number of nitrogens with one attached hydrogen (secondary N) is 2. The van der Waals surface area contributed by atoms with Gasteiger partial charge in [-0.15, -0.1) is 0 Å². The molecule has 0 saturated heterocycles. The number of aromatic nitrogens is 2. The van der Waals surface area contributed by atoms with Gasteiger partial charge in [-0.1, -0.05) is 19.8 Å².